The van der Waals surface area contributed by atoms with Crippen LogP contribution in [0.2, 0.25) is 39.3 Å². The summed E-state index contributed by atoms with van der Waals surface area (Å²) >= 11 is 0. The first-order valence-electron chi connectivity index (χ1n) is 8.97. The second-order valence-electron chi connectivity index (χ2n) is 11.0. The molecule has 0 atom stereocenters. The zero-order valence-corrected chi connectivity index (χ0v) is 20.1. The molecule has 0 spiro atoms. The van der Waals surface area contributed by atoms with E-state index in [0.717, 1.165) is 10.4 Å². The van der Waals surface area contributed by atoms with Crippen LogP contribution >= 0.6 is 0 Å². The molecule has 0 aromatic rings. The number of hydrogen-bond donors (Lipinski definition) is 0. The van der Waals surface area contributed by atoms with Crippen molar-refractivity contribution in [2.45, 2.75) is 92.0 Å². The van der Waals surface area contributed by atoms with Gasteiger partial charge >= 0.3 is 11.9 Å². The number of esters is 2. The van der Waals surface area contributed by atoms with Crippen LogP contribution in [-0.4, -0.2) is 39.3 Å². The minimum Gasteiger partial charge on any atom is -0.459 e. The molecule has 0 aromatic carbocycles. The number of ether oxygens (including phenoxy) is 2. The quantitative estimate of drug-likeness (QED) is 0.400. The summed E-state index contributed by atoms with van der Waals surface area (Å²) in [5.41, 5.74) is -2.58. The van der Waals surface area contributed by atoms with E-state index < -0.39 is 44.7 Å². The van der Waals surface area contributed by atoms with Crippen LogP contribution in [0.25, 0.3) is 0 Å². The monoisotopic (exact) mass is 384 g/mol. The highest BCUT2D eigenvalue weighted by Crippen LogP contribution is 2.62. The Bertz CT molecular complexity index is 551. The van der Waals surface area contributed by atoms with E-state index in [0.29, 0.717) is 0 Å². The molecule has 1 aliphatic rings. The summed E-state index contributed by atoms with van der Waals surface area (Å²) in [7, 11) is -3.79. The summed E-state index contributed by atoms with van der Waals surface area (Å²) in [4.78, 5) is 26.5. The van der Waals surface area contributed by atoms with Gasteiger partial charge in [-0.1, -0.05) is 49.7 Å². The first-order valence-corrected chi connectivity index (χ1v) is 16.0. The predicted octanol–water partition coefficient (Wildman–Crippen LogP) is 4.72. The molecule has 0 bridgehead atoms. The van der Waals surface area contributed by atoms with Gasteiger partial charge in [0.25, 0.3) is 0 Å². The molecule has 0 saturated carbocycles. The third kappa shape index (κ3) is 4.64. The molecule has 0 radical (unpaired) electrons. The highest BCUT2D eigenvalue weighted by Gasteiger charge is 2.72. The molecule has 0 amide bonds. The Labute approximate surface area is 155 Å². The van der Waals surface area contributed by atoms with Gasteiger partial charge in [0, 0.05) is 0 Å². The minimum absolute atomic E-state index is 0.455. The van der Waals surface area contributed by atoms with Gasteiger partial charge in [0.15, 0.2) is 5.41 Å². The molecule has 4 nitrogen and oxygen atoms in total. The Hall–Kier alpha value is -0.886. The Morgan fingerprint density at radius 1 is 0.680 bits per heavy atom. The lowest BCUT2D eigenvalue weighted by molar-refractivity contribution is -0.175. The van der Waals surface area contributed by atoms with Crippen LogP contribution in [0.4, 0.5) is 0 Å². The Morgan fingerprint density at radius 3 is 1.08 bits per heavy atom. The van der Waals surface area contributed by atoms with Gasteiger partial charge < -0.3 is 9.47 Å². The van der Waals surface area contributed by atoms with Crippen LogP contribution in [0.5, 0.6) is 0 Å². The van der Waals surface area contributed by atoms with Gasteiger partial charge in [0.05, 0.1) is 16.1 Å². The SMILES string of the molecule is CC(C)(C)OC(=O)C1(C(=O)OC(C)(C)C)C([Si](C)(C)C)=C1[Si](C)(C)C. The van der Waals surface area contributed by atoms with E-state index in [2.05, 4.69) is 39.3 Å². The minimum atomic E-state index is -1.90. The molecule has 6 heteroatoms. The molecule has 0 unspecified atom stereocenters. The van der Waals surface area contributed by atoms with E-state index in [1.165, 1.54) is 0 Å². The average molecular weight is 385 g/mol. The Balaban J connectivity index is 3.52. The fourth-order valence-corrected chi connectivity index (χ4v) is 10.4. The van der Waals surface area contributed by atoms with Crippen molar-refractivity contribution in [1.29, 1.82) is 0 Å². The number of carbonyl (C=O) groups excluding carboxylic acids is 2. The highest BCUT2D eigenvalue weighted by molar-refractivity contribution is 6.94. The van der Waals surface area contributed by atoms with Crippen molar-refractivity contribution >= 4 is 28.1 Å². The highest BCUT2D eigenvalue weighted by atomic mass is 28.3. The molecular formula is C19H36O4Si2. The van der Waals surface area contributed by atoms with Crippen molar-refractivity contribution < 1.29 is 19.1 Å². The third-order valence-corrected chi connectivity index (χ3v) is 8.35. The summed E-state index contributed by atoms with van der Waals surface area (Å²) in [5.74, 6) is -0.909. The van der Waals surface area contributed by atoms with Gasteiger partial charge in [0.2, 0.25) is 0 Å². The molecule has 0 heterocycles. The van der Waals surface area contributed by atoms with E-state index in [1.807, 2.05) is 41.5 Å². The van der Waals surface area contributed by atoms with E-state index in [1.54, 1.807) is 0 Å². The molecule has 1 aliphatic carbocycles. The van der Waals surface area contributed by atoms with Gasteiger partial charge in [-0.05, 0) is 41.5 Å². The average Bonchev–Trinajstić information content (AvgIpc) is 2.93. The summed E-state index contributed by atoms with van der Waals surface area (Å²) in [5, 5.41) is 2.06. The molecule has 144 valence electrons. The van der Waals surface area contributed by atoms with Crippen LogP contribution in [0.15, 0.2) is 10.4 Å². The zero-order valence-electron chi connectivity index (χ0n) is 18.1. The van der Waals surface area contributed by atoms with Crippen LogP contribution < -0.4 is 0 Å². The fourth-order valence-electron chi connectivity index (χ4n) is 3.36. The summed E-state index contributed by atoms with van der Waals surface area (Å²) < 4.78 is 11.4. The van der Waals surface area contributed by atoms with Gasteiger partial charge in [-0.2, -0.15) is 0 Å². The Morgan fingerprint density at radius 2 is 0.920 bits per heavy atom. The first kappa shape index (κ1) is 22.2. The van der Waals surface area contributed by atoms with Crippen molar-refractivity contribution in [3.8, 4) is 0 Å². The van der Waals surface area contributed by atoms with Gasteiger partial charge in [-0.15, -0.1) is 0 Å². The number of hydrogen-bond acceptors (Lipinski definition) is 4. The van der Waals surface area contributed by atoms with Crippen molar-refractivity contribution in [1.82, 2.24) is 0 Å². The second-order valence-corrected chi connectivity index (χ2v) is 21.0. The van der Waals surface area contributed by atoms with Crippen LogP contribution in [0.1, 0.15) is 41.5 Å². The zero-order chi connectivity index (χ0) is 20.2. The predicted molar refractivity (Wildman–Crippen MR) is 108 cm³/mol. The van der Waals surface area contributed by atoms with Crippen molar-refractivity contribution in [3.05, 3.63) is 10.4 Å². The standard InChI is InChI=1S/C19H36O4Si2/c1-17(2,3)22-15(20)19(16(21)23-18(4,5)6)13(24(7,8)9)14(19)25(10,11)12/h1-12H3. The molecule has 25 heavy (non-hydrogen) atoms. The largest absolute Gasteiger partial charge is 0.459 e. The first-order chi connectivity index (χ1) is 10.7. The van der Waals surface area contributed by atoms with E-state index in [4.69, 9.17) is 9.47 Å². The normalized spacial score (nSPS) is 18.1. The summed E-state index contributed by atoms with van der Waals surface area (Å²) in [6.07, 6.45) is 0. The van der Waals surface area contributed by atoms with Crippen molar-refractivity contribution in [2.75, 3.05) is 0 Å². The van der Waals surface area contributed by atoms with E-state index >= 15 is 0 Å². The molecule has 1 rings (SSSR count). The molecule has 0 saturated heterocycles. The topological polar surface area (TPSA) is 52.6 Å². The third-order valence-electron chi connectivity index (χ3n) is 3.85. The maximum atomic E-state index is 13.3. The number of carbonyl (C=O) groups is 2. The second kappa shape index (κ2) is 6.08. The van der Waals surface area contributed by atoms with E-state index in [9.17, 15) is 9.59 Å². The molecular weight excluding hydrogens is 348 g/mol. The molecule has 0 N–H and O–H groups in total. The fraction of sp³-hybridized carbons (Fsp3) is 0.789. The molecule has 0 aromatic heterocycles. The Kier molecular flexibility index (Phi) is 5.39. The lowest BCUT2D eigenvalue weighted by Gasteiger charge is -2.31. The lowest BCUT2D eigenvalue weighted by atomic mass is 10.0. The van der Waals surface area contributed by atoms with Gasteiger partial charge in [-0.25, -0.2) is 0 Å². The molecule has 0 aliphatic heterocycles. The van der Waals surface area contributed by atoms with Crippen LogP contribution in [-0.2, 0) is 19.1 Å². The van der Waals surface area contributed by atoms with Crippen molar-refractivity contribution in [3.63, 3.8) is 0 Å². The summed E-state index contributed by atoms with van der Waals surface area (Å²) in [6, 6.07) is 0. The van der Waals surface area contributed by atoms with Gasteiger partial charge in [-0.3, -0.25) is 9.59 Å². The van der Waals surface area contributed by atoms with Crippen molar-refractivity contribution in [2.24, 2.45) is 5.41 Å². The van der Waals surface area contributed by atoms with Crippen LogP contribution in [0, 0.1) is 5.41 Å². The van der Waals surface area contributed by atoms with E-state index in [-0.39, 0.29) is 0 Å². The number of rotatable bonds is 4. The smallest absolute Gasteiger partial charge is 0.331 e. The van der Waals surface area contributed by atoms with Crippen LogP contribution in [0.3, 0.4) is 0 Å². The van der Waals surface area contributed by atoms with Gasteiger partial charge in [0.1, 0.15) is 11.2 Å². The molecule has 0 fully saturated rings. The lowest BCUT2D eigenvalue weighted by Crippen LogP contribution is -2.45. The maximum Gasteiger partial charge on any atom is 0.331 e. The maximum absolute atomic E-state index is 13.3. The summed E-state index contributed by atoms with van der Waals surface area (Å²) in [6.45, 7) is 24.1.